The summed E-state index contributed by atoms with van der Waals surface area (Å²) in [4.78, 5) is 37.9. The molecule has 116 valence electrons. The number of imide groups is 2. The fraction of sp³-hybridized carbons (Fsp3) is 0.800. The summed E-state index contributed by atoms with van der Waals surface area (Å²) in [6.07, 6.45) is 5.84. The predicted molar refractivity (Wildman–Crippen MR) is 74.2 cm³/mol. The molecule has 0 aromatic rings. The van der Waals surface area contributed by atoms with Gasteiger partial charge in [-0.3, -0.25) is 19.8 Å². The summed E-state index contributed by atoms with van der Waals surface area (Å²) in [7, 11) is 0. The van der Waals surface area contributed by atoms with Gasteiger partial charge >= 0.3 is 6.03 Å². The van der Waals surface area contributed by atoms with Crippen LogP contribution in [0.4, 0.5) is 4.79 Å². The molecule has 3 aliphatic rings. The van der Waals surface area contributed by atoms with Crippen LogP contribution in [0.15, 0.2) is 0 Å². The molecule has 21 heavy (non-hydrogen) atoms. The van der Waals surface area contributed by atoms with Gasteiger partial charge in [-0.25, -0.2) is 4.79 Å². The fourth-order valence-electron chi connectivity index (χ4n) is 3.72. The minimum atomic E-state index is -0.672. The van der Waals surface area contributed by atoms with E-state index in [9.17, 15) is 14.4 Å². The number of hydrogen-bond donors (Lipinski definition) is 1. The molecule has 1 saturated carbocycles. The second-order valence-corrected chi connectivity index (χ2v) is 6.35. The molecule has 6 heteroatoms. The number of barbiturate groups is 1. The maximum absolute atomic E-state index is 12.6. The maximum Gasteiger partial charge on any atom is 0.330 e. The van der Waals surface area contributed by atoms with Crippen LogP contribution in [0.3, 0.4) is 0 Å². The van der Waals surface area contributed by atoms with Crippen molar-refractivity contribution in [2.75, 3.05) is 19.8 Å². The summed E-state index contributed by atoms with van der Waals surface area (Å²) in [5.41, 5.74) is 0. The van der Waals surface area contributed by atoms with Gasteiger partial charge in [0.2, 0.25) is 11.8 Å². The number of rotatable bonds is 3. The Morgan fingerprint density at radius 3 is 2.52 bits per heavy atom. The number of amides is 4. The molecule has 0 bridgehead atoms. The Bertz CT molecular complexity index is 439. The van der Waals surface area contributed by atoms with E-state index in [1.807, 2.05) is 0 Å². The summed E-state index contributed by atoms with van der Waals surface area (Å²) < 4.78 is 5.41. The maximum atomic E-state index is 12.6. The number of nitrogens with zero attached hydrogens (tertiary/aromatic N) is 1. The standard InChI is InChI=1S/C15H22N2O4/c18-13-12(11-5-1-2-6-11)14(19)17(15(20)16-13)8-10-4-3-7-21-9-10/h10-12H,1-9H2,(H,16,18,20). The molecule has 2 unspecified atom stereocenters. The Morgan fingerprint density at radius 1 is 1.10 bits per heavy atom. The Labute approximate surface area is 124 Å². The lowest BCUT2D eigenvalue weighted by Gasteiger charge is -2.35. The van der Waals surface area contributed by atoms with Gasteiger partial charge in [0, 0.05) is 19.1 Å². The highest BCUT2D eigenvalue weighted by molar-refractivity contribution is 6.16. The van der Waals surface area contributed by atoms with E-state index in [0.29, 0.717) is 13.2 Å². The van der Waals surface area contributed by atoms with Gasteiger partial charge in [-0.05, 0) is 31.6 Å². The van der Waals surface area contributed by atoms with E-state index in [-0.39, 0.29) is 17.7 Å². The summed E-state index contributed by atoms with van der Waals surface area (Å²) in [5.74, 6) is -1.11. The highest BCUT2D eigenvalue weighted by atomic mass is 16.5. The van der Waals surface area contributed by atoms with Crippen molar-refractivity contribution in [3.8, 4) is 0 Å². The van der Waals surface area contributed by atoms with E-state index >= 15 is 0 Å². The summed E-state index contributed by atoms with van der Waals surface area (Å²) in [6.45, 7) is 1.69. The first-order chi connectivity index (χ1) is 10.2. The van der Waals surface area contributed by atoms with Gasteiger partial charge in [-0.1, -0.05) is 12.8 Å². The molecule has 0 radical (unpaired) electrons. The first-order valence-electron chi connectivity index (χ1n) is 7.91. The predicted octanol–water partition coefficient (Wildman–Crippen LogP) is 1.30. The molecule has 2 saturated heterocycles. The van der Waals surface area contributed by atoms with E-state index in [2.05, 4.69) is 5.32 Å². The smallest absolute Gasteiger partial charge is 0.330 e. The topological polar surface area (TPSA) is 75.7 Å². The van der Waals surface area contributed by atoms with Crippen LogP contribution in [0.25, 0.3) is 0 Å². The van der Waals surface area contributed by atoms with Gasteiger partial charge in [0.25, 0.3) is 0 Å². The molecule has 6 nitrogen and oxygen atoms in total. The van der Waals surface area contributed by atoms with Crippen molar-refractivity contribution in [1.29, 1.82) is 0 Å². The highest BCUT2D eigenvalue weighted by Crippen LogP contribution is 2.34. The Morgan fingerprint density at radius 2 is 1.86 bits per heavy atom. The molecule has 1 N–H and O–H groups in total. The van der Waals surface area contributed by atoms with Crippen LogP contribution in [0.5, 0.6) is 0 Å². The van der Waals surface area contributed by atoms with Crippen LogP contribution in [-0.4, -0.2) is 42.5 Å². The third-order valence-electron chi connectivity index (χ3n) is 4.86. The summed E-state index contributed by atoms with van der Waals surface area (Å²) >= 11 is 0. The van der Waals surface area contributed by atoms with Crippen molar-refractivity contribution < 1.29 is 19.1 Å². The van der Waals surface area contributed by atoms with Crippen LogP contribution < -0.4 is 5.32 Å². The van der Waals surface area contributed by atoms with Crippen molar-refractivity contribution >= 4 is 17.8 Å². The molecule has 0 spiro atoms. The summed E-state index contributed by atoms with van der Waals surface area (Å²) in [5, 5.41) is 2.36. The zero-order valence-corrected chi connectivity index (χ0v) is 12.2. The Balaban J connectivity index is 1.70. The molecular weight excluding hydrogens is 272 g/mol. The van der Waals surface area contributed by atoms with Crippen molar-refractivity contribution in [2.45, 2.75) is 38.5 Å². The zero-order chi connectivity index (χ0) is 14.8. The van der Waals surface area contributed by atoms with Crippen LogP contribution in [0, 0.1) is 17.8 Å². The first-order valence-corrected chi connectivity index (χ1v) is 7.91. The van der Waals surface area contributed by atoms with Gasteiger partial charge in [0.1, 0.15) is 5.92 Å². The quantitative estimate of drug-likeness (QED) is 0.796. The molecule has 2 heterocycles. The van der Waals surface area contributed by atoms with Gasteiger partial charge in [0.05, 0.1) is 6.61 Å². The fourth-order valence-corrected chi connectivity index (χ4v) is 3.72. The van der Waals surface area contributed by atoms with Crippen LogP contribution in [0.1, 0.15) is 38.5 Å². The molecule has 3 rings (SSSR count). The average Bonchev–Trinajstić information content (AvgIpc) is 2.98. The van der Waals surface area contributed by atoms with Crippen LogP contribution in [-0.2, 0) is 14.3 Å². The number of carbonyl (C=O) groups excluding carboxylic acids is 3. The second-order valence-electron chi connectivity index (χ2n) is 6.35. The van der Waals surface area contributed by atoms with Gasteiger partial charge < -0.3 is 4.74 Å². The molecule has 0 aromatic carbocycles. The van der Waals surface area contributed by atoms with Gasteiger partial charge in [-0.2, -0.15) is 0 Å². The summed E-state index contributed by atoms with van der Waals surface area (Å²) in [6, 6.07) is -0.565. The zero-order valence-electron chi connectivity index (χ0n) is 12.2. The number of nitrogens with one attached hydrogen (secondary N) is 1. The molecule has 2 atom stereocenters. The van der Waals surface area contributed by atoms with Gasteiger partial charge in [0.15, 0.2) is 0 Å². The minimum absolute atomic E-state index is 0.0932. The molecular formula is C15H22N2O4. The van der Waals surface area contributed by atoms with E-state index in [1.54, 1.807) is 0 Å². The minimum Gasteiger partial charge on any atom is -0.381 e. The van der Waals surface area contributed by atoms with Crippen molar-refractivity contribution in [3.63, 3.8) is 0 Å². The van der Waals surface area contributed by atoms with Crippen molar-refractivity contribution in [2.24, 2.45) is 17.8 Å². The van der Waals surface area contributed by atoms with Crippen LogP contribution in [0.2, 0.25) is 0 Å². The lowest BCUT2D eigenvalue weighted by Crippen LogP contribution is -2.60. The monoisotopic (exact) mass is 294 g/mol. The molecule has 4 amide bonds. The normalized spacial score (nSPS) is 31.6. The number of carbonyl (C=O) groups is 3. The molecule has 2 aliphatic heterocycles. The third-order valence-corrected chi connectivity index (χ3v) is 4.86. The van der Waals surface area contributed by atoms with Crippen LogP contribution >= 0.6 is 0 Å². The van der Waals surface area contributed by atoms with E-state index in [0.717, 1.165) is 45.1 Å². The Kier molecular flexibility index (Phi) is 4.24. The lowest BCUT2D eigenvalue weighted by atomic mass is 9.87. The van der Waals surface area contributed by atoms with E-state index in [1.165, 1.54) is 4.90 Å². The van der Waals surface area contributed by atoms with E-state index < -0.39 is 17.9 Å². The second kappa shape index (κ2) is 6.13. The SMILES string of the molecule is O=C1NC(=O)N(CC2CCCOC2)C(=O)C1C1CCCC1. The largest absolute Gasteiger partial charge is 0.381 e. The van der Waals surface area contributed by atoms with Crippen molar-refractivity contribution in [1.82, 2.24) is 10.2 Å². The number of urea groups is 1. The van der Waals surface area contributed by atoms with Crippen molar-refractivity contribution in [3.05, 3.63) is 0 Å². The molecule has 3 fully saturated rings. The number of ether oxygens (including phenoxy) is 1. The van der Waals surface area contributed by atoms with Gasteiger partial charge in [-0.15, -0.1) is 0 Å². The molecule has 1 aliphatic carbocycles. The first kappa shape index (κ1) is 14.5. The highest BCUT2D eigenvalue weighted by Gasteiger charge is 2.45. The number of hydrogen-bond acceptors (Lipinski definition) is 4. The average molecular weight is 294 g/mol. The third kappa shape index (κ3) is 2.95. The molecule has 0 aromatic heterocycles. The van der Waals surface area contributed by atoms with E-state index in [4.69, 9.17) is 4.74 Å². The lowest BCUT2D eigenvalue weighted by molar-refractivity contribution is -0.145. The Hall–Kier alpha value is -1.43.